The molecule has 0 aliphatic carbocycles. The summed E-state index contributed by atoms with van der Waals surface area (Å²) in [5, 5.41) is 9.78. The van der Waals surface area contributed by atoms with Crippen molar-refractivity contribution < 1.29 is 9.50 Å². The first-order valence-electron chi connectivity index (χ1n) is 3.55. The molecule has 0 saturated heterocycles. The molecule has 0 aromatic heterocycles. The van der Waals surface area contributed by atoms with E-state index in [1.54, 1.807) is 0 Å². The minimum Gasteiger partial charge on any atom is -0.506 e. The normalized spacial score (nSPS) is 12.9. The average molecular weight is 224 g/mol. The summed E-state index contributed by atoms with van der Waals surface area (Å²) in [5.74, 6) is -0.212. The molecule has 0 aliphatic heterocycles. The summed E-state index contributed by atoms with van der Waals surface area (Å²) >= 11 is 11.3. The van der Waals surface area contributed by atoms with E-state index in [0.717, 1.165) is 0 Å². The van der Waals surface area contributed by atoms with E-state index in [9.17, 15) is 9.50 Å². The van der Waals surface area contributed by atoms with Crippen LogP contribution in [0.1, 0.15) is 11.6 Å². The SMILES string of the molecule is NC(CF)c1cc(Cl)cc(Cl)c1O. The summed E-state index contributed by atoms with van der Waals surface area (Å²) in [5.41, 5.74) is 5.60. The van der Waals surface area contributed by atoms with E-state index in [-0.39, 0.29) is 16.3 Å². The molecule has 1 aromatic carbocycles. The van der Waals surface area contributed by atoms with Gasteiger partial charge in [0.1, 0.15) is 12.4 Å². The van der Waals surface area contributed by atoms with Crippen LogP contribution in [-0.4, -0.2) is 11.8 Å². The van der Waals surface area contributed by atoms with Gasteiger partial charge in [0, 0.05) is 10.6 Å². The molecule has 1 rings (SSSR count). The van der Waals surface area contributed by atoms with E-state index in [0.29, 0.717) is 5.02 Å². The van der Waals surface area contributed by atoms with Crippen molar-refractivity contribution in [2.45, 2.75) is 6.04 Å². The molecular formula is C8H8Cl2FNO. The molecule has 1 unspecified atom stereocenters. The molecule has 72 valence electrons. The number of rotatable bonds is 2. The van der Waals surface area contributed by atoms with Gasteiger partial charge in [0.05, 0.1) is 11.1 Å². The van der Waals surface area contributed by atoms with Crippen molar-refractivity contribution in [3.8, 4) is 5.75 Å². The lowest BCUT2D eigenvalue weighted by Gasteiger charge is -2.11. The zero-order valence-corrected chi connectivity index (χ0v) is 8.11. The Morgan fingerprint density at radius 3 is 2.62 bits per heavy atom. The Hall–Kier alpha value is -0.510. The maximum Gasteiger partial charge on any atom is 0.139 e. The van der Waals surface area contributed by atoms with Crippen LogP contribution in [0.2, 0.25) is 10.0 Å². The Morgan fingerprint density at radius 1 is 1.46 bits per heavy atom. The number of phenolic OH excluding ortho intramolecular Hbond substituents is 1. The molecule has 1 aromatic rings. The highest BCUT2D eigenvalue weighted by Gasteiger charge is 2.14. The molecule has 13 heavy (non-hydrogen) atoms. The van der Waals surface area contributed by atoms with Crippen LogP contribution in [0.4, 0.5) is 4.39 Å². The molecule has 1 atom stereocenters. The van der Waals surface area contributed by atoms with E-state index < -0.39 is 12.7 Å². The van der Waals surface area contributed by atoms with Gasteiger partial charge in [0.2, 0.25) is 0 Å². The second-order valence-electron chi connectivity index (χ2n) is 2.59. The summed E-state index contributed by atoms with van der Waals surface area (Å²) in [7, 11) is 0. The molecule has 0 saturated carbocycles. The minimum absolute atomic E-state index is 0.0754. The summed E-state index contributed by atoms with van der Waals surface area (Å²) in [4.78, 5) is 0. The quantitative estimate of drug-likeness (QED) is 0.811. The van der Waals surface area contributed by atoms with Gasteiger partial charge in [-0.25, -0.2) is 4.39 Å². The van der Waals surface area contributed by atoms with Crippen molar-refractivity contribution in [2.24, 2.45) is 5.73 Å². The molecule has 3 N–H and O–H groups in total. The van der Waals surface area contributed by atoms with Gasteiger partial charge in [-0.05, 0) is 12.1 Å². The van der Waals surface area contributed by atoms with Gasteiger partial charge in [-0.15, -0.1) is 0 Å². The molecule has 0 fully saturated rings. The lowest BCUT2D eigenvalue weighted by molar-refractivity contribution is 0.414. The fourth-order valence-corrected chi connectivity index (χ4v) is 1.46. The standard InChI is InChI=1S/C8H8Cl2FNO/c9-4-1-5(7(12)3-11)8(13)6(10)2-4/h1-2,7,13H,3,12H2. The number of nitrogens with two attached hydrogens (primary N) is 1. The number of phenols is 1. The first-order chi connectivity index (χ1) is 6.06. The molecule has 0 bridgehead atoms. The zero-order valence-electron chi connectivity index (χ0n) is 6.60. The van der Waals surface area contributed by atoms with E-state index in [1.807, 2.05) is 0 Å². The Labute approximate surface area is 85.1 Å². The van der Waals surface area contributed by atoms with Gasteiger partial charge in [-0.3, -0.25) is 0 Å². The minimum atomic E-state index is -0.892. The van der Waals surface area contributed by atoms with Crippen LogP contribution < -0.4 is 5.73 Å². The van der Waals surface area contributed by atoms with E-state index >= 15 is 0 Å². The van der Waals surface area contributed by atoms with Crippen LogP contribution in [-0.2, 0) is 0 Å². The van der Waals surface area contributed by atoms with Gasteiger partial charge >= 0.3 is 0 Å². The maximum absolute atomic E-state index is 12.2. The van der Waals surface area contributed by atoms with Crippen LogP contribution in [0, 0.1) is 0 Å². The van der Waals surface area contributed by atoms with Crippen molar-refractivity contribution in [1.29, 1.82) is 0 Å². The van der Waals surface area contributed by atoms with Crippen molar-refractivity contribution in [2.75, 3.05) is 6.67 Å². The Bertz CT molecular complexity index is 319. The van der Waals surface area contributed by atoms with Crippen molar-refractivity contribution in [3.63, 3.8) is 0 Å². The van der Waals surface area contributed by atoms with E-state index in [2.05, 4.69) is 0 Å². The molecule has 0 aliphatic rings. The summed E-state index contributed by atoms with van der Waals surface area (Å²) in [6.45, 7) is -0.774. The van der Waals surface area contributed by atoms with Gasteiger partial charge in [-0.1, -0.05) is 23.2 Å². The number of benzene rings is 1. The van der Waals surface area contributed by atoms with Crippen LogP contribution in [0.5, 0.6) is 5.75 Å². The summed E-state index contributed by atoms with van der Waals surface area (Å²) < 4.78 is 12.2. The Kier molecular flexibility index (Phi) is 3.36. The highest BCUT2D eigenvalue weighted by molar-refractivity contribution is 6.35. The molecular weight excluding hydrogens is 216 g/mol. The lowest BCUT2D eigenvalue weighted by atomic mass is 10.1. The highest BCUT2D eigenvalue weighted by Crippen LogP contribution is 2.34. The Balaban J connectivity index is 3.20. The number of halogens is 3. The topological polar surface area (TPSA) is 46.2 Å². The van der Waals surface area contributed by atoms with E-state index in [4.69, 9.17) is 28.9 Å². The second-order valence-corrected chi connectivity index (χ2v) is 3.43. The van der Waals surface area contributed by atoms with Crippen LogP contribution in [0.15, 0.2) is 12.1 Å². The number of alkyl halides is 1. The number of hydrogen-bond donors (Lipinski definition) is 2. The predicted molar refractivity (Wildman–Crippen MR) is 51.0 cm³/mol. The van der Waals surface area contributed by atoms with Crippen molar-refractivity contribution in [3.05, 3.63) is 27.7 Å². The molecule has 0 spiro atoms. The van der Waals surface area contributed by atoms with Gasteiger partial charge < -0.3 is 10.8 Å². The third kappa shape index (κ3) is 2.24. The molecule has 5 heteroatoms. The van der Waals surface area contributed by atoms with Crippen molar-refractivity contribution in [1.82, 2.24) is 0 Å². The fraction of sp³-hybridized carbons (Fsp3) is 0.250. The maximum atomic E-state index is 12.2. The predicted octanol–water partition coefficient (Wildman–Crippen LogP) is 2.67. The average Bonchev–Trinajstić information content (AvgIpc) is 2.10. The molecule has 0 radical (unpaired) electrons. The number of hydrogen-bond acceptors (Lipinski definition) is 2. The molecule has 0 heterocycles. The van der Waals surface area contributed by atoms with Crippen LogP contribution in [0.3, 0.4) is 0 Å². The third-order valence-corrected chi connectivity index (χ3v) is 2.13. The molecule has 0 amide bonds. The van der Waals surface area contributed by atoms with E-state index in [1.165, 1.54) is 12.1 Å². The monoisotopic (exact) mass is 223 g/mol. The number of aromatic hydroxyl groups is 1. The first kappa shape index (κ1) is 10.6. The fourth-order valence-electron chi connectivity index (χ4n) is 0.952. The summed E-state index contributed by atoms with van der Waals surface area (Å²) in [6, 6.07) is 1.87. The van der Waals surface area contributed by atoms with Gasteiger partial charge in [0.15, 0.2) is 0 Å². The summed E-state index contributed by atoms with van der Waals surface area (Å²) in [6.07, 6.45) is 0. The zero-order chi connectivity index (χ0) is 10.0. The first-order valence-corrected chi connectivity index (χ1v) is 4.31. The lowest BCUT2D eigenvalue weighted by Crippen LogP contribution is -2.12. The van der Waals surface area contributed by atoms with Crippen molar-refractivity contribution >= 4 is 23.2 Å². The second kappa shape index (κ2) is 4.13. The van der Waals surface area contributed by atoms with Crippen LogP contribution >= 0.6 is 23.2 Å². The Morgan fingerprint density at radius 2 is 2.08 bits per heavy atom. The third-order valence-electron chi connectivity index (χ3n) is 1.62. The van der Waals surface area contributed by atoms with Crippen LogP contribution in [0.25, 0.3) is 0 Å². The van der Waals surface area contributed by atoms with Gasteiger partial charge in [-0.2, -0.15) is 0 Å². The largest absolute Gasteiger partial charge is 0.506 e. The molecule has 2 nitrogen and oxygen atoms in total. The van der Waals surface area contributed by atoms with Gasteiger partial charge in [0.25, 0.3) is 0 Å². The smallest absolute Gasteiger partial charge is 0.139 e. The highest BCUT2D eigenvalue weighted by atomic mass is 35.5.